The van der Waals surface area contributed by atoms with E-state index in [1.54, 1.807) is 0 Å². The minimum atomic E-state index is -0.170. The third-order valence-corrected chi connectivity index (χ3v) is 4.48. The number of hydrogen-bond acceptors (Lipinski definition) is 3. The first-order chi connectivity index (χ1) is 9.97. The second-order valence-electron chi connectivity index (χ2n) is 6.58. The minimum Gasteiger partial charge on any atom is -0.393 e. The van der Waals surface area contributed by atoms with Crippen LogP contribution >= 0.6 is 11.6 Å². The summed E-state index contributed by atoms with van der Waals surface area (Å²) in [6.07, 6.45) is 0.660. The van der Waals surface area contributed by atoms with Crippen LogP contribution in [-0.4, -0.2) is 30.8 Å². The molecule has 0 aliphatic carbocycles. The number of halogens is 1. The minimum absolute atomic E-state index is 0.170. The van der Waals surface area contributed by atoms with Gasteiger partial charge in [-0.05, 0) is 42.5 Å². The molecule has 0 saturated carbocycles. The maximum absolute atomic E-state index is 9.82. The lowest BCUT2D eigenvalue weighted by Crippen LogP contribution is -2.41. The predicted octanol–water partition coefficient (Wildman–Crippen LogP) is 3.29. The molecule has 0 amide bonds. The molecule has 1 saturated heterocycles. The van der Waals surface area contributed by atoms with Gasteiger partial charge in [-0.25, -0.2) is 0 Å². The molecule has 0 aromatic heterocycles. The predicted molar refractivity (Wildman–Crippen MR) is 90.0 cm³/mol. The Morgan fingerprint density at radius 2 is 2.19 bits per heavy atom. The van der Waals surface area contributed by atoms with Gasteiger partial charge in [0.15, 0.2) is 0 Å². The fourth-order valence-corrected chi connectivity index (χ4v) is 2.98. The highest BCUT2D eigenvalue weighted by molar-refractivity contribution is 6.31. The van der Waals surface area contributed by atoms with Crippen LogP contribution in [0.25, 0.3) is 0 Å². The van der Waals surface area contributed by atoms with E-state index in [2.05, 4.69) is 49.2 Å². The van der Waals surface area contributed by atoms with Gasteiger partial charge in [-0.2, -0.15) is 0 Å². The summed E-state index contributed by atoms with van der Waals surface area (Å²) in [5.41, 5.74) is 2.30. The molecule has 1 aliphatic heterocycles. The van der Waals surface area contributed by atoms with E-state index >= 15 is 0 Å². The average Bonchev–Trinajstić information content (AvgIpc) is 2.43. The lowest BCUT2D eigenvalue weighted by molar-refractivity contribution is 0.0971. The van der Waals surface area contributed by atoms with Gasteiger partial charge in [-0.3, -0.25) is 0 Å². The Morgan fingerprint density at radius 3 is 2.81 bits per heavy atom. The van der Waals surface area contributed by atoms with Gasteiger partial charge in [0.25, 0.3) is 0 Å². The van der Waals surface area contributed by atoms with Gasteiger partial charge in [-0.1, -0.05) is 38.4 Å². The number of hydrogen-bond donors (Lipinski definition) is 2. The standard InChI is InChI=1S/C17H27ClN2O/c1-12(2)9-19-10-14-4-5-15(8-16(14)18)20-7-6-17(21)13(3)11-20/h4-5,8,12-13,17,19,21H,6-7,9-11H2,1-3H3. The molecule has 1 aromatic rings. The van der Waals surface area contributed by atoms with E-state index in [1.807, 2.05) is 0 Å². The molecule has 21 heavy (non-hydrogen) atoms. The Morgan fingerprint density at radius 1 is 1.43 bits per heavy atom. The van der Waals surface area contributed by atoms with Gasteiger partial charge in [0, 0.05) is 30.3 Å². The van der Waals surface area contributed by atoms with Crippen LogP contribution in [0.1, 0.15) is 32.8 Å². The normalized spacial score (nSPS) is 22.9. The van der Waals surface area contributed by atoms with Gasteiger partial charge >= 0.3 is 0 Å². The number of benzene rings is 1. The van der Waals surface area contributed by atoms with E-state index in [0.29, 0.717) is 11.8 Å². The fourth-order valence-electron chi connectivity index (χ4n) is 2.74. The van der Waals surface area contributed by atoms with Crippen LogP contribution in [0.2, 0.25) is 5.02 Å². The van der Waals surface area contributed by atoms with Crippen molar-refractivity contribution < 1.29 is 5.11 Å². The molecular formula is C17H27ClN2O. The first-order valence-corrected chi connectivity index (χ1v) is 8.27. The second kappa shape index (κ2) is 7.48. The third-order valence-electron chi connectivity index (χ3n) is 4.13. The number of aliphatic hydroxyl groups excluding tert-OH is 1. The summed E-state index contributed by atoms with van der Waals surface area (Å²) < 4.78 is 0. The summed E-state index contributed by atoms with van der Waals surface area (Å²) in [6, 6.07) is 6.31. The molecular weight excluding hydrogens is 284 g/mol. The van der Waals surface area contributed by atoms with E-state index in [9.17, 15) is 5.11 Å². The van der Waals surface area contributed by atoms with Crippen molar-refractivity contribution in [2.75, 3.05) is 24.5 Å². The molecule has 2 N–H and O–H groups in total. The largest absolute Gasteiger partial charge is 0.393 e. The van der Waals surface area contributed by atoms with Crippen LogP contribution in [0.5, 0.6) is 0 Å². The second-order valence-corrected chi connectivity index (χ2v) is 6.99. The number of anilines is 1. The molecule has 2 unspecified atom stereocenters. The lowest BCUT2D eigenvalue weighted by atomic mass is 9.96. The topological polar surface area (TPSA) is 35.5 Å². The van der Waals surface area contributed by atoms with Gasteiger partial charge < -0.3 is 15.3 Å². The van der Waals surface area contributed by atoms with E-state index in [1.165, 1.54) is 0 Å². The van der Waals surface area contributed by atoms with Crippen molar-refractivity contribution in [2.24, 2.45) is 11.8 Å². The Bertz CT molecular complexity index is 464. The van der Waals surface area contributed by atoms with E-state index in [0.717, 1.165) is 48.9 Å². The number of aliphatic hydroxyl groups is 1. The maximum atomic E-state index is 9.82. The molecule has 1 fully saturated rings. The van der Waals surface area contributed by atoms with Crippen LogP contribution in [0, 0.1) is 11.8 Å². The van der Waals surface area contributed by atoms with E-state index in [-0.39, 0.29) is 6.10 Å². The SMILES string of the molecule is CC(C)CNCc1ccc(N2CCC(O)C(C)C2)cc1Cl. The van der Waals surface area contributed by atoms with Crippen LogP contribution in [0.15, 0.2) is 18.2 Å². The van der Waals surface area contributed by atoms with Crippen molar-refractivity contribution in [2.45, 2.75) is 39.8 Å². The van der Waals surface area contributed by atoms with Crippen molar-refractivity contribution in [3.8, 4) is 0 Å². The Balaban J connectivity index is 1.98. The summed E-state index contributed by atoms with van der Waals surface area (Å²) >= 11 is 6.41. The van der Waals surface area contributed by atoms with Crippen LogP contribution in [-0.2, 0) is 6.54 Å². The molecule has 1 heterocycles. The smallest absolute Gasteiger partial charge is 0.0599 e. The number of nitrogens with one attached hydrogen (secondary N) is 1. The molecule has 0 bridgehead atoms. The van der Waals surface area contributed by atoms with Crippen molar-refractivity contribution in [3.63, 3.8) is 0 Å². The highest BCUT2D eigenvalue weighted by atomic mass is 35.5. The summed E-state index contributed by atoms with van der Waals surface area (Å²) in [4.78, 5) is 2.31. The Kier molecular flexibility index (Phi) is 5.91. The molecule has 0 spiro atoms. The maximum Gasteiger partial charge on any atom is 0.0599 e. The molecule has 2 atom stereocenters. The van der Waals surface area contributed by atoms with Crippen molar-refractivity contribution >= 4 is 17.3 Å². The van der Waals surface area contributed by atoms with Crippen LogP contribution < -0.4 is 10.2 Å². The van der Waals surface area contributed by atoms with Crippen LogP contribution in [0.4, 0.5) is 5.69 Å². The molecule has 4 heteroatoms. The number of piperidine rings is 1. The molecule has 1 aromatic carbocycles. The van der Waals surface area contributed by atoms with Gasteiger partial charge in [0.1, 0.15) is 0 Å². The number of nitrogens with zero attached hydrogens (tertiary/aromatic N) is 1. The third kappa shape index (κ3) is 4.60. The zero-order valence-corrected chi connectivity index (χ0v) is 14.0. The monoisotopic (exact) mass is 310 g/mol. The molecule has 3 nitrogen and oxygen atoms in total. The molecule has 118 valence electrons. The lowest BCUT2D eigenvalue weighted by Gasteiger charge is -2.36. The molecule has 1 aliphatic rings. The Labute approximate surface area is 133 Å². The van der Waals surface area contributed by atoms with Gasteiger partial charge in [0.2, 0.25) is 0 Å². The first-order valence-electron chi connectivity index (χ1n) is 7.89. The zero-order chi connectivity index (χ0) is 15.4. The summed E-state index contributed by atoms with van der Waals surface area (Å²) in [7, 11) is 0. The first kappa shape index (κ1) is 16.6. The number of rotatable bonds is 5. The molecule has 0 radical (unpaired) electrons. The molecule has 2 rings (SSSR count). The summed E-state index contributed by atoms with van der Waals surface area (Å²) in [5, 5.41) is 14.1. The van der Waals surface area contributed by atoms with Crippen LogP contribution in [0.3, 0.4) is 0 Å². The summed E-state index contributed by atoms with van der Waals surface area (Å²) in [6.45, 7) is 10.1. The average molecular weight is 311 g/mol. The quantitative estimate of drug-likeness (QED) is 0.876. The highest BCUT2D eigenvalue weighted by Gasteiger charge is 2.24. The Hall–Kier alpha value is -0.770. The van der Waals surface area contributed by atoms with E-state index < -0.39 is 0 Å². The zero-order valence-electron chi connectivity index (χ0n) is 13.3. The fraction of sp³-hybridized carbons (Fsp3) is 0.647. The van der Waals surface area contributed by atoms with E-state index in [4.69, 9.17) is 11.6 Å². The van der Waals surface area contributed by atoms with Crippen molar-refractivity contribution in [1.29, 1.82) is 0 Å². The van der Waals surface area contributed by atoms with Gasteiger partial charge in [-0.15, -0.1) is 0 Å². The van der Waals surface area contributed by atoms with Crippen molar-refractivity contribution in [1.82, 2.24) is 5.32 Å². The van der Waals surface area contributed by atoms with Crippen molar-refractivity contribution in [3.05, 3.63) is 28.8 Å². The van der Waals surface area contributed by atoms with Gasteiger partial charge in [0.05, 0.1) is 6.10 Å². The summed E-state index contributed by atoms with van der Waals surface area (Å²) in [5.74, 6) is 0.953. The highest BCUT2D eigenvalue weighted by Crippen LogP contribution is 2.27.